The van der Waals surface area contributed by atoms with Crippen molar-refractivity contribution in [2.45, 2.75) is 38.8 Å². The standard InChI is InChI=1S/C22H27N3O2/c1-14(2)23-22(26)15(3)24-27-13-21-18-7-5-4-6-17(18)19-9-8-16(12-20(19)21)25-10-11-25/h4-9,12,14-15,21,24H,10-11,13H2,1-3H3,(H,23,26). The average Bonchev–Trinajstić information content (AvgIpc) is 3.45. The van der Waals surface area contributed by atoms with Crippen molar-refractivity contribution in [2.24, 2.45) is 0 Å². The van der Waals surface area contributed by atoms with Crippen LogP contribution in [0.25, 0.3) is 11.1 Å². The third-order valence-corrected chi connectivity index (χ3v) is 5.18. The van der Waals surface area contributed by atoms with E-state index in [1.54, 1.807) is 0 Å². The molecule has 2 aromatic rings. The molecule has 1 saturated heterocycles. The summed E-state index contributed by atoms with van der Waals surface area (Å²) >= 11 is 0. The van der Waals surface area contributed by atoms with Gasteiger partial charge in [0.2, 0.25) is 5.91 Å². The second-order valence-electron chi connectivity index (χ2n) is 7.71. The Morgan fingerprint density at radius 1 is 1.11 bits per heavy atom. The van der Waals surface area contributed by atoms with Crippen LogP contribution in [-0.2, 0) is 9.63 Å². The summed E-state index contributed by atoms with van der Waals surface area (Å²) < 4.78 is 0. The van der Waals surface area contributed by atoms with Crippen molar-refractivity contribution in [2.75, 3.05) is 24.6 Å². The lowest BCUT2D eigenvalue weighted by Crippen LogP contribution is -2.44. The zero-order valence-electron chi connectivity index (χ0n) is 16.2. The van der Waals surface area contributed by atoms with Gasteiger partial charge in [-0.15, -0.1) is 0 Å². The van der Waals surface area contributed by atoms with Crippen LogP contribution in [0.15, 0.2) is 42.5 Å². The monoisotopic (exact) mass is 365 g/mol. The molecule has 1 fully saturated rings. The Hall–Kier alpha value is -2.37. The zero-order valence-corrected chi connectivity index (χ0v) is 16.2. The average molecular weight is 365 g/mol. The molecule has 1 amide bonds. The van der Waals surface area contributed by atoms with Gasteiger partial charge in [-0.3, -0.25) is 4.79 Å². The number of hydroxylamine groups is 1. The van der Waals surface area contributed by atoms with E-state index in [-0.39, 0.29) is 17.9 Å². The Labute approximate surface area is 160 Å². The van der Waals surface area contributed by atoms with Crippen LogP contribution in [0.2, 0.25) is 0 Å². The first-order valence-corrected chi connectivity index (χ1v) is 9.70. The summed E-state index contributed by atoms with van der Waals surface area (Å²) in [6.45, 7) is 8.48. The van der Waals surface area contributed by atoms with Crippen LogP contribution >= 0.6 is 0 Å². The second-order valence-corrected chi connectivity index (χ2v) is 7.71. The molecule has 2 aromatic carbocycles. The van der Waals surface area contributed by atoms with Gasteiger partial charge in [-0.1, -0.05) is 30.3 Å². The third-order valence-electron chi connectivity index (χ3n) is 5.18. The summed E-state index contributed by atoms with van der Waals surface area (Å²) in [5.74, 6) is 0.116. The summed E-state index contributed by atoms with van der Waals surface area (Å²) in [5.41, 5.74) is 9.35. The van der Waals surface area contributed by atoms with Gasteiger partial charge in [-0.2, -0.15) is 5.48 Å². The quantitative estimate of drug-likeness (QED) is 0.585. The van der Waals surface area contributed by atoms with Gasteiger partial charge in [0.1, 0.15) is 6.04 Å². The number of nitrogens with one attached hydrogen (secondary N) is 2. The van der Waals surface area contributed by atoms with E-state index in [2.05, 4.69) is 58.2 Å². The molecule has 0 spiro atoms. The van der Waals surface area contributed by atoms with Gasteiger partial charge in [0.05, 0.1) is 6.61 Å². The number of rotatable bonds is 7. The second kappa shape index (κ2) is 7.33. The van der Waals surface area contributed by atoms with Crippen LogP contribution in [0.5, 0.6) is 0 Å². The molecule has 4 rings (SSSR count). The fourth-order valence-electron chi connectivity index (χ4n) is 3.70. The minimum atomic E-state index is -0.396. The molecule has 2 N–H and O–H groups in total. The summed E-state index contributed by atoms with van der Waals surface area (Å²) in [4.78, 5) is 20.2. The van der Waals surface area contributed by atoms with Crippen LogP contribution in [-0.4, -0.2) is 37.7 Å². The van der Waals surface area contributed by atoms with E-state index in [0.717, 1.165) is 13.1 Å². The van der Waals surface area contributed by atoms with Crippen LogP contribution in [0.4, 0.5) is 5.69 Å². The van der Waals surface area contributed by atoms with Crippen LogP contribution in [0, 0.1) is 0 Å². The predicted octanol–water partition coefficient (Wildman–Crippen LogP) is 3.05. The number of benzene rings is 2. The fraction of sp³-hybridized carbons (Fsp3) is 0.409. The molecule has 27 heavy (non-hydrogen) atoms. The van der Waals surface area contributed by atoms with Crippen molar-refractivity contribution in [1.29, 1.82) is 0 Å². The Bertz CT molecular complexity index is 845. The molecule has 5 heteroatoms. The SMILES string of the molecule is CC(C)NC(=O)C(C)NOCC1c2ccccc2-c2ccc(N3CC3)cc21. The van der Waals surface area contributed by atoms with Crippen molar-refractivity contribution in [3.63, 3.8) is 0 Å². The molecule has 5 nitrogen and oxygen atoms in total. The predicted molar refractivity (Wildman–Crippen MR) is 108 cm³/mol. The van der Waals surface area contributed by atoms with Gasteiger partial charge >= 0.3 is 0 Å². The minimum absolute atomic E-state index is 0.0546. The molecule has 0 bridgehead atoms. The summed E-state index contributed by atoms with van der Waals surface area (Å²) in [7, 11) is 0. The van der Waals surface area contributed by atoms with Crippen LogP contribution in [0.1, 0.15) is 37.8 Å². The highest BCUT2D eigenvalue weighted by molar-refractivity contribution is 5.82. The zero-order chi connectivity index (χ0) is 19.0. The molecule has 1 heterocycles. The maximum atomic E-state index is 12.0. The van der Waals surface area contributed by atoms with Gasteiger partial charge in [0, 0.05) is 30.7 Å². The van der Waals surface area contributed by atoms with Gasteiger partial charge in [0.15, 0.2) is 0 Å². The topological polar surface area (TPSA) is 53.4 Å². The number of nitrogens with zero attached hydrogens (tertiary/aromatic N) is 1. The summed E-state index contributed by atoms with van der Waals surface area (Å²) in [6, 6.07) is 15.0. The lowest BCUT2D eigenvalue weighted by Gasteiger charge is -2.19. The van der Waals surface area contributed by atoms with Crippen LogP contribution < -0.4 is 15.7 Å². The molecule has 2 atom stereocenters. The normalized spacial score (nSPS) is 18.2. The molecule has 2 unspecified atom stereocenters. The molecule has 1 aliphatic heterocycles. The summed E-state index contributed by atoms with van der Waals surface area (Å²) in [5, 5.41) is 2.89. The number of carbonyl (C=O) groups excluding carboxylic acids is 1. The fourth-order valence-corrected chi connectivity index (χ4v) is 3.70. The number of hydrogen-bond acceptors (Lipinski definition) is 4. The van der Waals surface area contributed by atoms with E-state index >= 15 is 0 Å². The number of carbonyl (C=O) groups is 1. The van der Waals surface area contributed by atoms with Gasteiger partial charge in [0.25, 0.3) is 0 Å². The number of amides is 1. The number of fused-ring (bicyclic) bond motifs is 3. The van der Waals surface area contributed by atoms with E-state index in [0.29, 0.717) is 6.61 Å². The summed E-state index contributed by atoms with van der Waals surface area (Å²) in [6.07, 6.45) is 0. The first-order valence-electron chi connectivity index (χ1n) is 9.70. The number of anilines is 1. The van der Waals surface area contributed by atoms with E-state index < -0.39 is 6.04 Å². The maximum Gasteiger partial charge on any atom is 0.239 e. The first kappa shape index (κ1) is 18.0. The van der Waals surface area contributed by atoms with Crippen molar-refractivity contribution < 1.29 is 9.63 Å². The molecule has 1 aliphatic carbocycles. The number of hydrogen-bond donors (Lipinski definition) is 2. The highest BCUT2D eigenvalue weighted by Gasteiger charge is 2.30. The first-order chi connectivity index (χ1) is 13.0. The van der Waals surface area contributed by atoms with Crippen molar-refractivity contribution in [1.82, 2.24) is 10.8 Å². The third kappa shape index (κ3) is 3.70. The van der Waals surface area contributed by atoms with Crippen molar-refractivity contribution in [3.8, 4) is 11.1 Å². The maximum absolute atomic E-state index is 12.0. The van der Waals surface area contributed by atoms with Crippen molar-refractivity contribution >= 4 is 11.6 Å². The molecule has 0 radical (unpaired) electrons. The molecular weight excluding hydrogens is 338 g/mol. The smallest absolute Gasteiger partial charge is 0.239 e. The highest BCUT2D eigenvalue weighted by atomic mass is 16.6. The lowest BCUT2D eigenvalue weighted by molar-refractivity contribution is -0.127. The van der Waals surface area contributed by atoms with Crippen molar-refractivity contribution in [3.05, 3.63) is 53.6 Å². The Balaban J connectivity index is 1.49. The Kier molecular flexibility index (Phi) is 4.89. The van der Waals surface area contributed by atoms with E-state index in [4.69, 9.17) is 4.84 Å². The van der Waals surface area contributed by atoms with Gasteiger partial charge in [-0.05, 0) is 55.2 Å². The Morgan fingerprint density at radius 2 is 1.85 bits per heavy atom. The highest BCUT2D eigenvalue weighted by Crippen LogP contribution is 2.46. The van der Waals surface area contributed by atoms with Gasteiger partial charge < -0.3 is 15.1 Å². The molecule has 0 aromatic heterocycles. The lowest BCUT2D eigenvalue weighted by atomic mass is 9.98. The largest absolute Gasteiger partial charge is 0.368 e. The molecule has 2 aliphatic rings. The Morgan fingerprint density at radius 3 is 2.59 bits per heavy atom. The van der Waals surface area contributed by atoms with E-state index in [1.165, 1.54) is 27.9 Å². The van der Waals surface area contributed by atoms with Gasteiger partial charge in [-0.25, -0.2) is 0 Å². The molecular formula is C22H27N3O2. The van der Waals surface area contributed by atoms with E-state index in [9.17, 15) is 4.79 Å². The van der Waals surface area contributed by atoms with Crippen LogP contribution in [0.3, 0.4) is 0 Å². The van der Waals surface area contributed by atoms with E-state index in [1.807, 2.05) is 20.8 Å². The minimum Gasteiger partial charge on any atom is -0.368 e. The molecule has 142 valence electrons. The molecule has 0 saturated carbocycles.